The van der Waals surface area contributed by atoms with Gasteiger partial charge in [0, 0.05) is 17.4 Å². The van der Waals surface area contributed by atoms with Gasteiger partial charge in [0.15, 0.2) is 0 Å². The molecule has 2 atom stereocenters. The highest BCUT2D eigenvalue weighted by Crippen LogP contribution is 2.31. The van der Waals surface area contributed by atoms with Crippen molar-refractivity contribution >= 4 is 28.7 Å². The average molecular weight is 387 g/mol. The Labute approximate surface area is 164 Å². The molecule has 0 fully saturated rings. The van der Waals surface area contributed by atoms with Crippen molar-refractivity contribution in [2.75, 3.05) is 5.75 Å². The van der Waals surface area contributed by atoms with E-state index in [2.05, 4.69) is 10.5 Å². The molecule has 2 rings (SSSR count). The van der Waals surface area contributed by atoms with Crippen LogP contribution in [0.15, 0.2) is 59.0 Å². The number of benzene rings is 2. The Morgan fingerprint density at radius 1 is 1.19 bits per heavy atom. The Morgan fingerprint density at radius 3 is 2.35 bits per heavy atom. The van der Waals surface area contributed by atoms with Crippen molar-refractivity contribution < 1.29 is 4.55 Å². The topological polar surface area (TPSA) is 59.2 Å². The second-order valence-electron chi connectivity index (χ2n) is 6.75. The van der Waals surface area contributed by atoms with Crippen molar-refractivity contribution in [1.82, 2.24) is 0 Å². The summed E-state index contributed by atoms with van der Waals surface area (Å²) in [5, 5.41) is 10.8. The molecule has 136 valence electrons. The highest BCUT2D eigenvalue weighted by molar-refractivity contribution is 7.90. The van der Waals surface area contributed by atoms with Crippen LogP contribution in [-0.2, 0) is 23.2 Å². The summed E-state index contributed by atoms with van der Waals surface area (Å²) >= 11 is 4.64. The first-order valence-corrected chi connectivity index (χ1v) is 10.2. The summed E-state index contributed by atoms with van der Waals surface area (Å²) in [7, 11) is 0. The molecular formula is C21H23ClN2OS. The zero-order valence-electron chi connectivity index (χ0n) is 15.3. The molecule has 3 nitrogen and oxygen atoms in total. The van der Waals surface area contributed by atoms with Gasteiger partial charge in [0.25, 0.3) is 0 Å². The number of nitriles is 1. The van der Waals surface area contributed by atoms with Gasteiger partial charge in [-0.3, -0.25) is 0 Å². The molecule has 0 heterocycles. The second kappa shape index (κ2) is 9.23. The fourth-order valence-electron chi connectivity index (χ4n) is 2.81. The van der Waals surface area contributed by atoms with Crippen molar-refractivity contribution in [2.24, 2.45) is 10.3 Å². The quantitative estimate of drug-likeness (QED) is 0.489. The summed E-state index contributed by atoms with van der Waals surface area (Å²) in [4.78, 5) is 0. The fourth-order valence-corrected chi connectivity index (χ4v) is 4.04. The van der Waals surface area contributed by atoms with Gasteiger partial charge in [0.2, 0.25) is 0 Å². The average Bonchev–Trinajstić information content (AvgIpc) is 2.61. The molecule has 0 aromatic heterocycles. The Balaban J connectivity index is 2.48. The van der Waals surface area contributed by atoms with Crippen LogP contribution in [0.2, 0.25) is 5.02 Å². The summed E-state index contributed by atoms with van der Waals surface area (Å²) in [5.74, 6) is 0.756. The molecule has 5 heteroatoms. The molecular weight excluding hydrogens is 364 g/mol. The van der Waals surface area contributed by atoms with Crippen molar-refractivity contribution in [2.45, 2.75) is 32.6 Å². The van der Waals surface area contributed by atoms with E-state index in [-0.39, 0.29) is 5.92 Å². The van der Waals surface area contributed by atoms with Gasteiger partial charge in [-0.25, -0.2) is 0 Å². The van der Waals surface area contributed by atoms with E-state index in [1.54, 1.807) is 6.92 Å². The van der Waals surface area contributed by atoms with Crippen LogP contribution in [0.4, 0.5) is 0 Å². The highest BCUT2D eigenvalue weighted by Gasteiger charge is 2.38. The smallest absolute Gasteiger partial charge is 0.135 e. The molecule has 0 saturated heterocycles. The molecule has 1 unspecified atom stereocenters. The number of nitrogens with zero attached hydrogens (tertiary/aromatic N) is 2. The van der Waals surface area contributed by atoms with Crippen molar-refractivity contribution in [3.05, 3.63) is 70.7 Å². The highest BCUT2D eigenvalue weighted by atomic mass is 35.5. The van der Waals surface area contributed by atoms with Gasteiger partial charge in [-0.1, -0.05) is 72.3 Å². The van der Waals surface area contributed by atoms with Gasteiger partial charge in [-0.05, 0) is 30.2 Å². The molecule has 0 aliphatic heterocycles. The van der Waals surface area contributed by atoms with Crippen LogP contribution in [0, 0.1) is 17.2 Å². The van der Waals surface area contributed by atoms with E-state index in [1.807, 2.05) is 68.4 Å². The lowest BCUT2D eigenvalue weighted by Crippen LogP contribution is -2.36. The van der Waals surface area contributed by atoms with E-state index >= 15 is 0 Å². The molecule has 0 spiro atoms. The number of hydrogen-bond donors (Lipinski definition) is 0. The lowest BCUT2D eigenvalue weighted by Gasteiger charge is -2.27. The maximum Gasteiger partial charge on any atom is 0.135 e. The molecule has 0 aliphatic carbocycles. The maximum absolute atomic E-state index is 12.4. The van der Waals surface area contributed by atoms with Crippen LogP contribution in [0.25, 0.3) is 0 Å². The molecule has 0 amide bonds. The summed E-state index contributed by atoms with van der Waals surface area (Å²) in [6.07, 6.45) is 0.443. The van der Waals surface area contributed by atoms with E-state index in [4.69, 9.17) is 11.6 Å². The first-order valence-electron chi connectivity index (χ1n) is 8.53. The molecule has 2 aromatic rings. The van der Waals surface area contributed by atoms with Crippen LogP contribution in [0.5, 0.6) is 0 Å². The lowest BCUT2D eigenvalue weighted by atomic mass is 9.73. The van der Waals surface area contributed by atoms with E-state index in [9.17, 15) is 9.81 Å². The first-order chi connectivity index (χ1) is 12.4. The SMILES string of the molecule is CC(=N[S@@+]([O-])CC(C)C)C(C#N)(Cc1ccc(Cl)cc1)c1ccccc1. The van der Waals surface area contributed by atoms with Crippen LogP contribution in [-0.4, -0.2) is 16.0 Å². The van der Waals surface area contributed by atoms with E-state index < -0.39 is 16.8 Å². The van der Waals surface area contributed by atoms with Gasteiger partial charge in [-0.2, -0.15) is 5.26 Å². The van der Waals surface area contributed by atoms with Gasteiger partial charge in [-0.15, -0.1) is 0 Å². The minimum Gasteiger partial charge on any atom is -0.591 e. The molecule has 0 N–H and O–H groups in total. The largest absolute Gasteiger partial charge is 0.591 e. The van der Waals surface area contributed by atoms with Crippen LogP contribution < -0.4 is 0 Å². The van der Waals surface area contributed by atoms with E-state index in [0.717, 1.165) is 11.1 Å². The molecule has 0 aliphatic rings. The Hall–Kier alpha value is -1.80. The normalized spacial score (nSPS) is 15.3. The Bertz CT molecular complexity index is 784. The fraction of sp³-hybridized carbons (Fsp3) is 0.333. The maximum atomic E-state index is 12.4. The van der Waals surface area contributed by atoms with Gasteiger partial charge < -0.3 is 4.55 Å². The molecule has 2 aromatic carbocycles. The predicted octanol–water partition coefficient (Wildman–Crippen LogP) is 5.12. The monoisotopic (exact) mass is 386 g/mol. The van der Waals surface area contributed by atoms with E-state index in [1.165, 1.54) is 0 Å². The molecule has 0 saturated carbocycles. The third-order valence-electron chi connectivity index (χ3n) is 4.17. The van der Waals surface area contributed by atoms with Crippen LogP contribution in [0.3, 0.4) is 0 Å². The van der Waals surface area contributed by atoms with Crippen molar-refractivity contribution in [1.29, 1.82) is 5.26 Å². The zero-order chi connectivity index (χ0) is 19.2. The molecule has 0 bridgehead atoms. The minimum atomic E-state index is -1.35. The number of rotatable bonds is 7. The van der Waals surface area contributed by atoms with E-state index in [0.29, 0.717) is 22.9 Å². The summed E-state index contributed by atoms with van der Waals surface area (Å²) in [6.45, 7) is 5.81. The van der Waals surface area contributed by atoms with Gasteiger partial charge in [0.05, 0.1) is 23.1 Å². The summed E-state index contributed by atoms with van der Waals surface area (Å²) < 4.78 is 16.7. The third kappa shape index (κ3) is 5.11. The molecule has 0 radical (unpaired) electrons. The summed E-state index contributed by atoms with van der Waals surface area (Å²) in [5.41, 5.74) is 1.42. The number of hydrogen-bond acceptors (Lipinski definition) is 3. The molecule has 26 heavy (non-hydrogen) atoms. The number of halogens is 1. The zero-order valence-corrected chi connectivity index (χ0v) is 16.8. The third-order valence-corrected chi connectivity index (χ3v) is 5.85. The standard InChI is InChI=1S/C21H23ClN2OS/c1-16(2)14-26(25)24-17(3)21(15-23,19-7-5-4-6-8-19)13-18-9-11-20(22)12-10-18/h4-12,16H,13-14H2,1-3H3/t21?,26-/m0/s1. The first kappa shape index (κ1) is 20.5. The minimum absolute atomic E-state index is 0.275. The summed E-state index contributed by atoms with van der Waals surface area (Å²) in [6, 6.07) is 19.5. The predicted molar refractivity (Wildman–Crippen MR) is 110 cm³/mol. The Morgan fingerprint density at radius 2 is 1.81 bits per heavy atom. The van der Waals surface area contributed by atoms with Gasteiger partial charge >= 0.3 is 0 Å². The Kier molecular flexibility index (Phi) is 7.28. The van der Waals surface area contributed by atoms with Crippen molar-refractivity contribution in [3.63, 3.8) is 0 Å². The van der Waals surface area contributed by atoms with Crippen molar-refractivity contribution in [3.8, 4) is 6.07 Å². The van der Waals surface area contributed by atoms with Crippen LogP contribution in [0.1, 0.15) is 31.9 Å². The lowest BCUT2D eigenvalue weighted by molar-refractivity contribution is 0.582. The second-order valence-corrected chi connectivity index (χ2v) is 8.34. The van der Waals surface area contributed by atoms with Gasteiger partial charge in [0.1, 0.15) is 11.2 Å². The van der Waals surface area contributed by atoms with Crippen LogP contribution >= 0.6 is 11.6 Å².